The predicted octanol–water partition coefficient (Wildman–Crippen LogP) is 4.45. The zero-order valence-electron chi connectivity index (χ0n) is 16.1. The highest BCUT2D eigenvalue weighted by molar-refractivity contribution is 6.31. The number of hydrogen-bond acceptors (Lipinski definition) is 5. The Kier molecular flexibility index (Phi) is 6.22. The van der Waals surface area contributed by atoms with Crippen molar-refractivity contribution >= 4 is 23.2 Å². The lowest BCUT2D eigenvalue weighted by molar-refractivity contribution is 0.386. The molecule has 9 heteroatoms. The van der Waals surface area contributed by atoms with Crippen molar-refractivity contribution in [1.82, 2.24) is 9.55 Å². The van der Waals surface area contributed by atoms with Crippen LogP contribution in [-0.4, -0.2) is 23.8 Å². The number of methoxy groups -OCH3 is 2. The summed E-state index contributed by atoms with van der Waals surface area (Å²) in [5, 5.41) is 3.10. The van der Waals surface area contributed by atoms with E-state index in [-0.39, 0.29) is 28.4 Å². The van der Waals surface area contributed by atoms with E-state index in [1.54, 1.807) is 17.6 Å². The molecule has 6 nitrogen and oxygen atoms in total. The zero-order chi connectivity index (χ0) is 21.1. The molecule has 1 aromatic carbocycles. The van der Waals surface area contributed by atoms with E-state index in [1.807, 2.05) is 0 Å². The van der Waals surface area contributed by atoms with E-state index in [4.69, 9.17) is 21.1 Å². The van der Waals surface area contributed by atoms with Crippen molar-refractivity contribution in [2.75, 3.05) is 19.5 Å². The Labute approximate surface area is 171 Å². The average molecular weight is 424 g/mol. The fourth-order valence-electron chi connectivity index (χ4n) is 3.00. The van der Waals surface area contributed by atoms with Crippen LogP contribution in [0.5, 0.6) is 11.5 Å². The minimum atomic E-state index is -0.555. The largest absolute Gasteiger partial charge is 0.494 e. The van der Waals surface area contributed by atoms with Gasteiger partial charge in [-0.2, -0.15) is 4.98 Å². The molecule has 3 rings (SSSR count). The SMILES string of the molecule is COc1cc(Nc2nc(=O)c(OC)cn2CC2C=C(Cl)C(F)=CC2)c(C)cc1F. The van der Waals surface area contributed by atoms with Crippen molar-refractivity contribution in [2.24, 2.45) is 5.92 Å². The number of rotatable bonds is 6. The van der Waals surface area contributed by atoms with E-state index in [9.17, 15) is 13.6 Å². The second-order valence-corrected chi connectivity index (χ2v) is 6.99. The summed E-state index contributed by atoms with van der Waals surface area (Å²) >= 11 is 5.90. The Balaban J connectivity index is 1.98. The Hall–Kier alpha value is -2.87. The van der Waals surface area contributed by atoms with Crippen LogP contribution < -0.4 is 20.3 Å². The first-order valence-electron chi connectivity index (χ1n) is 8.82. The number of anilines is 2. The predicted molar refractivity (Wildman–Crippen MR) is 107 cm³/mol. The number of benzene rings is 1. The van der Waals surface area contributed by atoms with Crippen LogP contribution in [0.15, 0.2) is 46.1 Å². The van der Waals surface area contributed by atoms with E-state index in [2.05, 4.69) is 10.3 Å². The molecule has 29 heavy (non-hydrogen) atoms. The van der Waals surface area contributed by atoms with Crippen molar-refractivity contribution in [2.45, 2.75) is 19.9 Å². The second kappa shape index (κ2) is 8.65. The van der Waals surface area contributed by atoms with Crippen LogP contribution in [0.1, 0.15) is 12.0 Å². The first kappa shape index (κ1) is 20.9. The lowest BCUT2D eigenvalue weighted by atomic mass is 10.0. The third kappa shape index (κ3) is 4.59. The highest BCUT2D eigenvalue weighted by Crippen LogP contribution is 2.30. The van der Waals surface area contributed by atoms with Gasteiger partial charge in [-0.15, -0.1) is 0 Å². The topological polar surface area (TPSA) is 65.4 Å². The molecule has 1 aliphatic carbocycles. The number of nitrogens with zero attached hydrogens (tertiary/aromatic N) is 2. The lowest BCUT2D eigenvalue weighted by Crippen LogP contribution is -2.21. The molecule has 0 radical (unpaired) electrons. The van der Waals surface area contributed by atoms with Gasteiger partial charge in [0.15, 0.2) is 11.6 Å². The summed E-state index contributed by atoms with van der Waals surface area (Å²) < 4.78 is 39.2. The maximum Gasteiger partial charge on any atom is 0.316 e. The van der Waals surface area contributed by atoms with Gasteiger partial charge in [0.05, 0.1) is 25.4 Å². The number of hydrogen-bond donors (Lipinski definition) is 1. The smallest absolute Gasteiger partial charge is 0.316 e. The maximum atomic E-state index is 13.9. The molecular formula is C20H20ClF2N3O3. The number of aryl methyl sites for hydroxylation is 1. The molecule has 0 bridgehead atoms. The summed E-state index contributed by atoms with van der Waals surface area (Å²) in [6.07, 6.45) is 5.00. The van der Waals surface area contributed by atoms with Crippen molar-refractivity contribution in [3.05, 3.63) is 63.1 Å². The quantitative estimate of drug-likeness (QED) is 0.743. The molecule has 0 saturated heterocycles. The summed E-state index contributed by atoms with van der Waals surface area (Å²) in [7, 11) is 2.74. The summed E-state index contributed by atoms with van der Waals surface area (Å²) in [5.74, 6) is -0.704. The van der Waals surface area contributed by atoms with Gasteiger partial charge >= 0.3 is 5.56 Å². The highest BCUT2D eigenvalue weighted by atomic mass is 35.5. The normalized spacial score (nSPS) is 16.1. The molecule has 1 unspecified atom stereocenters. The van der Waals surface area contributed by atoms with E-state index in [0.29, 0.717) is 24.2 Å². The lowest BCUT2D eigenvalue weighted by Gasteiger charge is -2.21. The van der Waals surface area contributed by atoms with E-state index < -0.39 is 17.2 Å². The number of halogens is 3. The molecule has 0 aliphatic heterocycles. The molecule has 0 spiro atoms. The molecule has 0 saturated carbocycles. The van der Waals surface area contributed by atoms with Crippen LogP contribution in [0, 0.1) is 18.7 Å². The molecular weight excluding hydrogens is 404 g/mol. The van der Waals surface area contributed by atoms with Gasteiger partial charge in [0.1, 0.15) is 5.83 Å². The Morgan fingerprint density at radius 3 is 2.66 bits per heavy atom. The second-order valence-electron chi connectivity index (χ2n) is 6.58. The van der Waals surface area contributed by atoms with Crippen molar-refractivity contribution in [1.29, 1.82) is 0 Å². The van der Waals surface area contributed by atoms with E-state index >= 15 is 0 Å². The maximum absolute atomic E-state index is 13.9. The standard InChI is InChI=1S/C20H20ClF2N3O3/c1-11-6-15(23)17(28-2)8-16(11)24-20-25-19(27)18(29-3)10-26(20)9-12-4-5-14(22)13(21)7-12/h5-8,10,12H,4,9H2,1-3H3,(H,24,25,27). The average Bonchev–Trinajstić information content (AvgIpc) is 2.68. The zero-order valence-corrected chi connectivity index (χ0v) is 16.9. The van der Waals surface area contributed by atoms with Gasteiger partial charge < -0.3 is 19.4 Å². The van der Waals surface area contributed by atoms with Gasteiger partial charge in [-0.05, 0) is 31.1 Å². The van der Waals surface area contributed by atoms with Crippen molar-refractivity contribution in [3.8, 4) is 11.5 Å². The first-order valence-corrected chi connectivity index (χ1v) is 9.20. The van der Waals surface area contributed by atoms with Gasteiger partial charge in [-0.3, -0.25) is 4.79 Å². The summed E-state index contributed by atoms with van der Waals surface area (Å²) in [4.78, 5) is 16.2. The minimum absolute atomic E-state index is 0.0517. The first-order chi connectivity index (χ1) is 13.8. The molecule has 1 aromatic heterocycles. The molecule has 0 amide bonds. The summed E-state index contributed by atoms with van der Waals surface area (Å²) in [6.45, 7) is 2.08. The van der Waals surface area contributed by atoms with Crippen LogP contribution in [-0.2, 0) is 6.54 Å². The number of ether oxygens (including phenoxy) is 2. The van der Waals surface area contributed by atoms with Crippen molar-refractivity contribution in [3.63, 3.8) is 0 Å². The molecule has 2 aromatic rings. The van der Waals surface area contributed by atoms with Crippen LogP contribution >= 0.6 is 11.6 Å². The Bertz CT molecular complexity index is 1050. The monoisotopic (exact) mass is 423 g/mol. The van der Waals surface area contributed by atoms with Gasteiger partial charge in [0.2, 0.25) is 11.7 Å². The van der Waals surface area contributed by atoms with Crippen molar-refractivity contribution < 1.29 is 18.3 Å². The number of allylic oxidation sites excluding steroid dienone is 4. The molecule has 1 heterocycles. The van der Waals surface area contributed by atoms with Crippen LogP contribution in [0.3, 0.4) is 0 Å². The third-order valence-corrected chi connectivity index (χ3v) is 4.88. The molecule has 0 fully saturated rings. The molecule has 1 N–H and O–H groups in total. The minimum Gasteiger partial charge on any atom is -0.494 e. The Morgan fingerprint density at radius 1 is 1.28 bits per heavy atom. The van der Waals surface area contributed by atoms with Gasteiger partial charge in [0.25, 0.3) is 0 Å². The van der Waals surface area contributed by atoms with Crippen LogP contribution in [0.2, 0.25) is 0 Å². The van der Waals surface area contributed by atoms with Gasteiger partial charge in [0, 0.05) is 24.2 Å². The van der Waals surface area contributed by atoms with E-state index in [0.717, 1.165) is 0 Å². The fraction of sp³-hybridized carbons (Fsp3) is 0.300. The third-order valence-electron chi connectivity index (χ3n) is 4.57. The molecule has 1 aliphatic rings. The summed E-state index contributed by atoms with van der Waals surface area (Å²) in [6, 6.07) is 2.81. The molecule has 1 atom stereocenters. The number of aromatic nitrogens is 2. The van der Waals surface area contributed by atoms with Crippen LogP contribution in [0.4, 0.5) is 20.4 Å². The summed E-state index contributed by atoms with van der Waals surface area (Å²) in [5.41, 5.74) is 0.573. The highest BCUT2D eigenvalue weighted by Gasteiger charge is 2.18. The van der Waals surface area contributed by atoms with Gasteiger partial charge in [-0.1, -0.05) is 17.7 Å². The number of nitrogens with one attached hydrogen (secondary N) is 1. The Morgan fingerprint density at radius 2 is 2.00 bits per heavy atom. The molecule has 154 valence electrons. The van der Waals surface area contributed by atoms with Crippen LogP contribution in [0.25, 0.3) is 0 Å². The fourth-order valence-corrected chi connectivity index (χ4v) is 3.26. The van der Waals surface area contributed by atoms with E-state index in [1.165, 1.54) is 38.6 Å². The van der Waals surface area contributed by atoms with Gasteiger partial charge in [-0.25, -0.2) is 8.78 Å².